The molecule has 0 aliphatic carbocycles. The van der Waals surface area contributed by atoms with Crippen molar-refractivity contribution in [2.24, 2.45) is 0 Å². The van der Waals surface area contributed by atoms with Crippen molar-refractivity contribution < 1.29 is 0 Å². The van der Waals surface area contributed by atoms with Gasteiger partial charge in [0.1, 0.15) is 5.82 Å². The van der Waals surface area contributed by atoms with E-state index in [0.29, 0.717) is 12.0 Å². The lowest BCUT2D eigenvalue weighted by molar-refractivity contribution is 0.758. The second-order valence-electron chi connectivity index (χ2n) is 5.68. The van der Waals surface area contributed by atoms with E-state index in [1.165, 1.54) is 0 Å². The maximum absolute atomic E-state index is 4.56. The number of rotatable bonds is 5. The van der Waals surface area contributed by atoms with E-state index in [1.54, 1.807) is 6.20 Å². The van der Waals surface area contributed by atoms with E-state index >= 15 is 0 Å². The van der Waals surface area contributed by atoms with Crippen molar-refractivity contribution in [2.75, 3.05) is 10.6 Å². The van der Waals surface area contributed by atoms with Gasteiger partial charge in [-0.1, -0.05) is 25.1 Å². The van der Waals surface area contributed by atoms with Crippen molar-refractivity contribution in [1.29, 1.82) is 0 Å². The summed E-state index contributed by atoms with van der Waals surface area (Å²) in [6.07, 6.45) is 2.83. The van der Waals surface area contributed by atoms with Crippen molar-refractivity contribution in [3.63, 3.8) is 0 Å². The highest BCUT2D eigenvalue weighted by Gasteiger charge is 2.07. The van der Waals surface area contributed by atoms with E-state index < -0.39 is 0 Å². The van der Waals surface area contributed by atoms with Gasteiger partial charge < -0.3 is 10.6 Å². The fourth-order valence-electron chi connectivity index (χ4n) is 2.38. The van der Waals surface area contributed by atoms with Gasteiger partial charge in [0.2, 0.25) is 5.95 Å². The Kier molecular flexibility index (Phi) is 4.37. The number of benzene rings is 1. The molecule has 0 amide bonds. The number of pyridine rings is 1. The third-order valence-corrected chi connectivity index (χ3v) is 3.74. The van der Waals surface area contributed by atoms with Crippen molar-refractivity contribution in [2.45, 2.75) is 33.2 Å². The number of aromatic nitrogens is 3. The summed E-state index contributed by atoms with van der Waals surface area (Å²) >= 11 is 0. The summed E-state index contributed by atoms with van der Waals surface area (Å²) in [5.41, 5.74) is 2.74. The fourth-order valence-corrected chi connectivity index (χ4v) is 2.38. The van der Waals surface area contributed by atoms with E-state index in [1.807, 2.05) is 43.3 Å². The Hall–Kier alpha value is -2.69. The van der Waals surface area contributed by atoms with E-state index in [9.17, 15) is 0 Å². The number of fused-ring (bicyclic) bond motifs is 1. The first-order valence-electron chi connectivity index (χ1n) is 7.88. The lowest BCUT2D eigenvalue weighted by Gasteiger charge is -2.14. The molecule has 5 nitrogen and oxygen atoms in total. The van der Waals surface area contributed by atoms with Gasteiger partial charge in [-0.2, -0.15) is 4.98 Å². The zero-order valence-electron chi connectivity index (χ0n) is 13.7. The van der Waals surface area contributed by atoms with Crippen LogP contribution in [0.5, 0.6) is 0 Å². The lowest BCUT2D eigenvalue weighted by Crippen LogP contribution is -2.15. The number of nitrogens with zero attached hydrogens (tertiary/aromatic N) is 3. The van der Waals surface area contributed by atoms with Crippen LogP contribution in [0.4, 0.5) is 17.5 Å². The summed E-state index contributed by atoms with van der Waals surface area (Å²) in [5.74, 6) is 1.41. The molecule has 0 saturated heterocycles. The molecule has 0 aliphatic rings. The van der Waals surface area contributed by atoms with Gasteiger partial charge in [0.05, 0.1) is 11.2 Å². The minimum absolute atomic E-state index is 0.372. The van der Waals surface area contributed by atoms with Crippen molar-refractivity contribution in [1.82, 2.24) is 15.0 Å². The van der Waals surface area contributed by atoms with Crippen LogP contribution >= 0.6 is 0 Å². The molecular formula is C18H21N5. The summed E-state index contributed by atoms with van der Waals surface area (Å²) in [4.78, 5) is 13.5. The first-order chi connectivity index (χ1) is 11.2. The van der Waals surface area contributed by atoms with Gasteiger partial charge in [0.15, 0.2) is 0 Å². The van der Waals surface area contributed by atoms with Gasteiger partial charge in [0.25, 0.3) is 0 Å². The monoisotopic (exact) mass is 307 g/mol. The van der Waals surface area contributed by atoms with Gasteiger partial charge in [-0.3, -0.25) is 4.98 Å². The number of para-hydroxylation sites is 1. The molecule has 3 rings (SSSR count). The fraction of sp³-hybridized carbons (Fsp3) is 0.278. The number of hydrogen-bond donors (Lipinski definition) is 2. The molecule has 1 atom stereocenters. The lowest BCUT2D eigenvalue weighted by atomic mass is 10.2. The van der Waals surface area contributed by atoms with Gasteiger partial charge >= 0.3 is 0 Å². The molecule has 3 aromatic rings. The molecular weight excluding hydrogens is 286 g/mol. The van der Waals surface area contributed by atoms with Gasteiger partial charge in [-0.15, -0.1) is 0 Å². The molecule has 1 unspecified atom stereocenters. The molecule has 0 saturated carbocycles. The quantitative estimate of drug-likeness (QED) is 0.736. The number of hydrogen-bond acceptors (Lipinski definition) is 5. The largest absolute Gasteiger partial charge is 0.367 e. The third kappa shape index (κ3) is 3.56. The zero-order chi connectivity index (χ0) is 16.2. The average molecular weight is 307 g/mol. The first kappa shape index (κ1) is 15.2. The summed E-state index contributed by atoms with van der Waals surface area (Å²) in [5, 5.41) is 7.77. The van der Waals surface area contributed by atoms with Crippen LogP contribution in [0.25, 0.3) is 10.9 Å². The summed E-state index contributed by atoms with van der Waals surface area (Å²) in [7, 11) is 0. The molecule has 0 fully saturated rings. The van der Waals surface area contributed by atoms with Crippen molar-refractivity contribution in [3.8, 4) is 0 Å². The van der Waals surface area contributed by atoms with Gasteiger partial charge in [-0.05, 0) is 32.4 Å². The summed E-state index contributed by atoms with van der Waals surface area (Å²) in [6, 6.07) is 12.3. The van der Waals surface area contributed by atoms with Crippen LogP contribution in [-0.2, 0) is 0 Å². The number of nitrogens with one attached hydrogen (secondary N) is 2. The minimum Gasteiger partial charge on any atom is -0.367 e. The predicted molar refractivity (Wildman–Crippen MR) is 95.2 cm³/mol. The normalized spacial score (nSPS) is 12.1. The van der Waals surface area contributed by atoms with Crippen LogP contribution in [0.3, 0.4) is 0 Å². The summed E-state index contributed by atoms with van der Waals surface area (Å²) < 4.78 is 0. The van der Waals surface area contributed by atoms with E-state index in [-0.39, 0.29) is 0 Å². The highest BCUT2D eigenvalue weighted by molar-refractivity contribution is 5.91. The van der Waals surface area contributed by atoms with Crippen LogP contribution in [0.2, 0.25) is 0 Å². The first-order valence-corrected chi connectivity index (χ1v) is 7.88. The Morgan fingerprint density at radius 3 is 2.78 bits per heavy atom. The molecule has 0 aliphatic heterocycles. The van der Waals surface area contributed by atoms with E-state index in [2.05, 4.69) is 39.4 Å². The average Bonchev–Trinajstić information content (AvgIpc) is 2.54. The molecule has 2 heterocycles. The molecule has 1 aromatic carbocycles. The molecule has 0 bridgehead atoms. The predicted octanol–water partition coefficient (Wildman–Crippen LogP) is 4.29. The van der Waals surface area contributed by atoms with E-state index in [4.69, 9.17) is 0 Å². The smallest absolute Gasteiger partial charge is 0.229 e. The molecule has 118 valence electrons. The summed E-state index contributed by atoms with van der Waals surface area (Å²) in [6.45, 7) is 6.25. The Labute approximate surface area is 136 Å². The number of aryl methyl sites for hydroxylation is 1. The number of anilines is 3. The maximum atomic E-state index is 4.56. The minimum atomic E-state index is 0.372. The molecule has 0 radical (unpaired) electrons. The topological polar surface area (TPSA) is 62.7 Å². The standard InChI is InChI=1S/C18H21N5/c1-4-12(2)20-16-11-13(3)21-18(23-16)22-15-9-5-7-14-8-6-10-19-17(14)15/h5-12H,4H2,1-3H3,(H2,20,21,22,23). The van der Waals surface area contributed by atoms with Crippen molar-refractivity contribution >= 4 is 28.4 Å². The third-order valence-electron chi connectivity index (χ3n) is 3.74. The Balaban J connectivity index is 1.92. The van der Waals surface area contributed by atoms with Crippen molar-refractivity contribution in [3.05, 3.63) is 48.3 Å². The Bertz CT molecular complexity index is 810. The highest BCUT2D eigenvalue weighted by atomic mass is 15.2. The van der Waals surface area contributed by atoms with Crippen LogP contribution in [0.15, 0.2) is 42.6 Å². The molecule has 2 N–H and O–H groups in total. The SMILES string of the molecule is CCC(C)Nc1cc(C)nc(Nc2cccc3cccnc23)n1. The zero-order valence-corrected chi connectivity index (χ0v) is 13.7. The maximum Gasteiger partial charge on any atom is 0.229 e. The second-order valence-corrected chi connectivity index (χ2v) is 5.68. The van der Waals surface area contributed by atoms with Gasteiger partial charge in [-0.25, -0.2) is 4.98 Å². The molecule has 23 heavy (non-hydrogen) atoms. The van der Waals surface area contributed by atoms with Crippen LogP contribution in [0.1, 0.15) is 26.0 Å². The van der Waals surface area contributed by atoms with Crippen LogP contribution < -0.4 is 10.6 Å². The van der Waals surface area contributed by atoms with E-state index in [0.717, 1.165) is 34.5 Å². The van der Waals surface area contributed by atoms with Crippen LogP contribution in [-0.4, -0.2) is 21.0 Å². The molecule has 5 heteroatoms. The Morgan fingerprint density at radius 1 is 1.13 bits per heavy atom. The van der Waals surface area contributed by atoms with Gasteiger partial charge in [0, 0.05) is 29.4 Å². The Morgan fingerprint density at radius 2 is 1.96 bits per heavy atom. The van der Waals surface area contributed by atoms with Crippen LogP contribution in [0, 0.1) is 6.92 Å². The second kappa shape index (κ2) is 6.60. The highest BCUT2D eigenvalue weighted by Crippen LogP contribution is 2.23. The molecule has 2 aromatic heterocycles. The molecule has 0 spiro atoms.